The minimum atomic E-state index is -3.37. The molecule has 0 spiro atoms. The molecule has 0 aromatic carbocycles. The standard InChI is InChI=1S/C9H14F2O2S/c1-2-13-8(12)9(10,11)14-7-5-3-4-6-7/h7H,2-6H2,1H3. The average Bonchev–Trinajstić information content (AvgIpc) is 2.56. The number of alkyl halides is 2. The summed E-state index contributed by atoms with van der Waals surface area (Å²) in [5.41, 5.74) is 0. The molecule has 82 valence electrons. The Kier molecular flexibility index (Phi) is 4.16. The molecule has 1 rings (SSSR count). The lowest BCUT2D eigenvalue weighted by Crippen LogP contribution is -2.29. The van der Waals surface area contributed by atoms with Gasteiger partial charge in [0.15, 0.2) is 0 Å². The highest BCUT2D eigenvalue weighted by molar-refractivity contribution is 8.01. The van der Waals surface area contributed by atoms with E-state index in [2.05, 4.69) is 4.74 Å². The van der Waals surface area contributed by atoms with E-state index in [1.165, 1.54) is 6.92 Å². The first kappa shape index (κ1) is 11.8. The van der Waals surface area contributed by atoms with E-state index in [0.29, 0.717) is 11.8 Å². The Morgan fingerprint density at radius 3 is 2.57 bits per heavy atom. The van der Waals surface area contributed by atoms with Crippen molar-refractivity contribution in [3.05, 3.63) is 0 Å². The zero-order chi connectivity index (χ0) is 10.6. The third-order valence-corrected chi connectivity index (χ3v) is 3.40. The van der Waals surface area contributed by atoms with Crippen LogP contribution >= 0.6 is 11.8 Å². The molecule has 0 aliphatic heterocycles. The van der Waals surface area contributed by atoms with Crippen LogP contribution in [0.2, 0.25) is 0 Å². The maximum Gasteiger partial charge on any atom is 0.389 e. The van der Waals surface area contributed by atoms with Crippen LogP contribution in [0.3, 0.4) is 0 Å². The van der Waals surface area contributed by atoms with Crippen LogP contribution in [-0.2, 0) is 9.53 Å². The second kappa shape index (κ2) is 4.96. The smallest absolute Gasteiger partial charge is 0.389 e. The Morgan fingerprint density at radius 1 is 1.50 bits per heavy atom. The van der Waals surface area contributed by atoms with Gasteiger partial charge in [0.05, 0.1) is 6.61 Å². The van der Waals surface area contributed by atoms with Gasteiger partial charge in [-0.1, -0.05) is 24.6 Å². The summed E-state index contributed by atoms with van der Waals surface area (Å²) in [6, 6.07) is 0. The fourth-order valence-corrected chi connectivity index (χ4v) is 2.62. The van der Waals surface area contributed by atoms with Gasteiger partial charge in [0, 0.05) is 5.25 Å². The molecule has 0 aromatic heterocycles. The quantitative estimate of drug-likeness (QED) is 0.687. The zero-order valence-corrected chi connectivity index (χ0v) is 8.91. The van der Waals surface area contributed by atoms with E-state index in [0.717, 1.165) is 25.7 Å². The van der Waals surface area contributed by atoms with E-state index in [1.54, 1.807) is 0 Å². The van der Waals surface area contributed by atoms with Crippen LogP contribution in [0.5, 0.6) is 0 Å². The maximum atomic E-state index is 13.1. The number of halogens is 2. The molecule has 0 amide bonds. The summed E-state index contributed by atoms with van der Waals surface area (Å²) in [5.74, 6) is -1.41. The SMILES string of the molecule is CCOC(=O)C(F)(F)SC1CCCC1. The number of carbonyl (C=O) groups is 1. The molecule has 0 unspecified atom stereocenters. The van der Waals surface area contributed by atoms with E-state index in [-0.39, 0.29) is 11.9 Å². The molecule has 1 saturated carbocycles. The fourth-order valence-electron chi connectivity index (χ4n) is 1.48. The van der Waals surface area contributed by atoms with Gasteiger partial charge in [-0.05, 0) is 19.8 Å². The van der Waals surface area contributed by atoms with Gasteiger partial charge in [-0.2, -0.15) is 8.78 Å². The Bertz CT molecular complexity index is 203. The minimum Gasteiger partial charge on any atom is -0.461 e. The summed E-state index contributed by atoms with van der Waals surface area (Å²) in [6.45, 7) is 1.52. The molecule has 1 aliphatic carbocycles. The molecule has 0 bridgehead atoms. The summed E-state index contributed by atoms with van der Waals surface area (Å²) in [6.07, 6.45) is 3.52. The molecule has 2 nitrogen and oxygen atoms in total. The van der Waals surface area contributed by atoms with Gasteiger partial charge < -0.3 is 4.74 Å². The lowest BCUT2D eigenvalue weighted by Gasteiger charge is -2.17. The summed E-state index contributed by atoms with van der Waals surface area (Å²) < 4.78 is 30.6. The Balaban J connectivity index is 2.42. The van der Waals surface area contributed by atoms with Gasteiger partial charge in [-0.25, -0.2) is 4.79 Å². The predicted octanol–water partition coefficient (Wildman–Crippen LogP) is 2.82. The van der Waals surface area contributed by atoms with E-state index in [4.69, 9.17) is 0 Å². The molecule has 5 heteroatoms. The van der Waals surface area contributed by atoms with Crippen LogP contribution in [0.1, 0.15) is 32.6 Å². The van der Waals surface area contributed by atoms with Crippen LogP contribution < -0.4 is 0 Å². The number of esters is 1. The normalized spacial score (nSPS) is 18.5. The number of hydrogen-bond donors (Lipinski definition) is 0. The molecular formula is C9H14F2O2S. The molecule has 1 fully saturated rings. The third kappa shape index (κ3) is 3.12. The van der Waals surface area contributed by atoms with Crippen molar-refractivity contribution >= 4 is 17.7 Å². The van der Waals surface area contributed by atoms with Crippen molar-refractivity contribution in [2.75, 3.05) is 6.61 Å². The third-order valence-electron chi connectivity index (χ3n) is 2.13. The highest BCUT2D eigenvalue weighted by Crippen LogP contribution is 2.40. The van der Waals surface area contributed by atoms with Crippen LogP contribution in [0.4, 0.5) is 8.78 Å². The predicted molar refractivity (Wildman–Crippen MR) is 51.4 cm³/mol. The van der Waals surface area contributed by atoms with Gasteiger partial charge in [0.1, 0.15) is 0 Å². The van der Waals surface area contributed by atoms with E-state index < -0.39 is 11.2 Å². The topological polar surface area (TPSA) is 26.3 Å². The monoisotopic (exact) mass is 224 g/mol. The Labute approximate surface area is 86.4 Å². The molecule has 0 saturated heterocycles. The number of hydrogen-bond acceptors (Lipinski definition) is 3. The summed E-state index contributed by atoms with van der Waals surface area (Å²) in [5, 5.41) is -3.46. The zero-order valence-electron chi connectivity index (χ0n) is 8.09. The minimum absolute atomic E-state index is 0.000347. The first-order chi connectivity index (χ1) is 6.56. The van der Waals surface area contributed by atoms with Crippen LogP contribution in [0.15, 0.2) is 0 Å². The molecule has 14 heavy (non-hydrogen) atoms. The van der Waals surface area contributed by atoms with Gasteiger partial charge in [-0.3, -0.25) is 0 Å². The summed E-state index contributed by atoms with van der Waals surface area (Å²) in [7, 11) is 0. The fraction of sp³-hybridized carbons (Fsp3) is 0.889. The lowest BCUT2D eigenvalue weighted by molar-refractivity contribution is -0.159. The number of carbonyl (C=O) groups excluding carboxylic acids is 1. The molecular weight excluding hydrogens is 210 g/mol. The van der Waals surface area contributed by atoms with Crippen molar-refractivity contribution in [1.29, 1.82) is 0 Å². The average molecular weight is 224 g/mol. The number of thioether (sulfide) groups is 1. The molecule has 0 radical (unpaired) electrons. The van der Waals surface area contributed by atoms with Crippen LogP contribution in [-0.4, -0.2) is 23.1 Å². The summed E-state index contributed by atoms with van der Waals surface area (Å²) >= 11 is 0.450. The Hall–Kier alpha value is -0.320. The summed E-state index contributed by atoms with van der Waals surface area (Å²) in [4.78, 5) is 10.9. The van der Waals surface area contributed by atoms with E-state index in [1.807, 2.05) is 0 Å². The van der Waals surface area contributed by atoms with Gasteiger partial charge >= 0.3 is 11.2 Å². The van der Waals surface area contributed by atoms with Gasteiger partial charge in [0.2, 0.25) is 0 Å². The van der Waals surface area contributed by atoms with Crippen molar-refractivity contribution in [2.45, 2.75) is 43.1 Å². The molecule has 0 atom stereocenters. The van der Waals surface area contributed by atoms with Crippen molar-refractivity contribution in [3.8, 4) is 0 Å². The molecule has 0 N–H and O–H groups in total. The Morgan fingerprint density at radius 2 is 2.07 bits per heavy atom. The van der Waals surface area contributed by atoms with Gasteiger partial charge in [-0.15, -0.1) is 0 Å². The van der Waals surface area contributed by atoms with Crippen LogP contribution in [0, 0.1) is 0 Å². The van der Waals surface area contributed by atoms with Crippen molar-refractivity contribution in [1.82, 2.24) is 0 Å². The van der Waals surface area contributed by atoms with E-state index >= 15 is 0 Å². The second-order valence-electron chi connectivity index (χ2n) is 3.26. The lowest BCUT2D eigenvalue weighted by atomic mass is 10.4. The largest absolute Gasteiger partial charge is 0.461 e. The van der Waals surface area contributed by atoms with Crippen LogP contribution in [0.25, 0.3) is 0 Å². The highest BCUT2D eigenvalue weighted by Gasteiger charge is 2.44. The first-order valence-electron chi connectivity index (χ1n) is 4.79. The van der Waals surface area contributed by atoms with Crippen molar-refractivity contribution in [3.63, 3.8) is 0 Å². The number of rotatable bonds is 4. The maximum absolute atomic E-state index is 13.1. The molecule has 1 aliphatic rings. The number of ether oxygens (including phenoxy) is 1. The molecule has 0 heterocycles. The van der Waals surface area contributed by atoms with Crippen molar-refractivity contribution < 1.29 is 18.3 Å². The highest BCUT2D eigenvalue weighted by atomic mass is 32.2. The van der Waals surface area contributed by atoms with E-state index in [9.17, 15) is 13.6 Å². The van der Waals surface area contributed by atoms with Crippen molar-refractivity contribution in [2.24, 2.45) is 0 Å². The first-order valence-corrected chi connectivity index (χ1v) is 5.67. The second-order valence-corrected chi connectivity index (χ2v) is 4.68. The molecule has 0 aromatic rings. The van der Waals surface area contributed by atoms with Gasteiger partial charge in [0.25, 0.3) is 0 Å².